The smallest absolute Gasteiger partial charge is 0.408 e. The molecule has 3 saturated heterocycles. The molecule has 3 aromatic carbocycles. The minimum Gasteiger partial charge on any atom is -0.506 e. The van der Waals surface area contributed by atoms with Gasteiger partial charge in [-0.05, 0) is 104 Å². The maximum Gasteiger partial charge on any atom is 0.408 e. The molecule has 13 heteroatoms. The zero-order valence-corrected chi connectivity index (χ0v) is 30.4. The molecule has 1 amide bonds. The maximum absolute atomic E-state index is 13.2. The first kappa shape index (κ1) is 37.7. The van der Waals surface area contributed by atoms with Gasteiger partial charge in [0.1, 0.15) is 30.0 Å². The first-order valence-corrected chi connectivity index (χ1v) is 18.8. The molecule has 0 spiro atoms. The van der Waals surface area contributed by atoms with Crippen LogP contribution in [0.3, 0.4) is 0 Å². The van der Waals surface area contributed by atoms with E-state index in [9.17, 15) is 24.6 Å². The number of nitrogens with one attached hydrogen (secondary N) is 3. The average Bonchev–Trinajstić information content (AvgIpc) is 3.69. The third kappa shape index (κ3) is 9.55. The number of esters is 1. The van der Waals surface area contributed by atoms with Gasteiger partial charge < -0.3 is 44.5 Å². The first-order chi connectivity index (χ1) is 26.8. The van der Waals surface area contributed by atoms with Crippen molar-refractivity contribution >= 4 is 23.0 Å². The van der Waals surface area contributed by atoms with Crippen LogP contribution in [-0.4, -0.2) is 77.6 Å². The van der Waals surface area contributed by atoms with E-state index in [2.05, 4.69) is 20.5 Å². The number of carbonyl (C=O) groups is 2. The number of H-pyrrole nitrogens is 1. The van der Waals surface area contributed by atoms with E-state index in [1.807, 2.05) is 54.6 Å². The van der Waals surface area contributed by atoms with Crippen LogP contribution in [0.25, 0.3) is 10.9 Å². The van der Waals surface area contributed by atoms with Crippen molar-refractivity contribution in [3.8, 4) is 11.5 Å². The number of benzene rings is 3. The lowest BCUT2D eigenvalue weighted by Gasteiger charge is -2.43. The van der Waals surface area contributed by atoms with Gasteiger partial charge in [0.2, 0.25) is 11.3 Å². The predicted molar refractivity (Wildman–Crippen MR) is 204 cm³/mol. The zero-order valence-electron chi connectivity index (χ0n) is 30.4. The molecule has 3 atom stereocenters. The topological polar surface area (TPSA) is 176 Å². The number of aliphatic hydroxyl groups is 1. The van der Waals surface area contributed by atoms with Crippen molar-refractivity contribution in [3.05, 3.63) is 130 Å². The lowest BCUT2D eigenvalue weighted by atomic mass is 9.86. The summed E-state index contributed by atoms with van der Waals surface area (Å²) in [6, 6.07) is 26.0. The number of phenolic OH excluding ortho intramolecular Hbond substituents is 1. The largest absolute Gasteiger partial charge is 0.506 e. The molecule has 5 heterocycles. The van der Waals surface area contributed by atoms with Crippen LogP contribution >= 0.6 is 0 Å². The van der Waals surface area contributed by atoms with E-state index in [0.29, 0.717) is 47.8 Å². The van der Waals surface area contributed by atoms with Crippen molar-refractivity contribution in [1.82, 2.24) is 20.5 Å². The number of pyridine rings is 1. The number of aromatic hydroxyl groups is 1. The fourth-order valence-electron chi connectivity index (χ4n) is 7.33. The molecule has 5 N–H and O–H groups in total. The number of hydrogen-bond donors (Lipinski definition) is 5. The van der Waals surface area contributed by atoms with E-state index in [0.717, 1.165) is 43.6 Å². The molecule has 1 unspecified atom stereocenters. The van der Waals surface area contributed by atoms with Crippen LogP contribution in [-0.2, 0) is 16.1 Å². The number of furan rings is 1. The van der Waals surface area contributed by atoms with Gasteiger partial charge in [0.05, 0.1) is 24.3 Å². The van der Waals surface area contributed by atoms with Crippen LogP contribution in [0, 0.1) is 5.92 Å². The number of hydrogen-bond acceptors (Lipinski definition) is 11. The summed E-state index contributed by atoms with van der Waals surface area (Å²) in [5.41, 5.74) is 2.27. The van der Waals surface area contributed by atoms with E-state index < -0.39 is 24.2 Å². The second-order valence-corrected chi connectivity index (χ2v) is 14.0. The van der Waals surface area contributed by atoms with Crippen molar-refractivity contribution in [3.63, 3.8) is 0 Å². The van der Waals surface area contributed by atoms with Crippen molar-refractivity contribution in [2.75, 3.05) is 39.3 Å². The Bertz CT molecular complexity index is 2130. The standard InChI is InChI=1S/C42H46N4O9/c47-34-14-12-32(33-13-16-38(49)44-40(33)34)35(48)24-43-19-4-5-22-52-41(50)36-15-11-31(54-36)26-53-30-10-6-9-29(23-30)39(28-7-2-1-3-8-28)45-42(51)55-37-25-46-20-17-27(37)18-21-46/h1-3,6-16,23,27,35,37,39,43,47-48H,4-5,17-22,24-26H2,(H,44,49)(H,45,51)/t35-,37+,39?/m1/s1. The summed E-state index contributed by atoms with van der Waals surface area (Å²) in [6.07, 6.45) is 2.01. The van der Waals surface area contributed by atoms with Gasteiger partial charge >= 0.3 is 12.1 Å². The van der Waals surface area contributed by atoms with Crippen LogP contribution in [0.2, 0.25) is 0 Å². The van der Waals surface area contributed by atoms with E-state index in [1.165, 1.54) is 12.1 Å². The number of aromatic amines is 1. The van der Waals surface area contributed by atoms with E-state index >= 15 is 0 Å². The minimum atomic E-state index is -0.855. The van der Waals surface area contributed by atoms with Crippen LogP contribution < -0.4 is 20.9 Å². The number of alkyl carbamates (subject to hydrolysis) is 1. The van der Waals surface area contributed by atoms with Crippen LogP contribution in [0.1, 0.15) is 70.8 Å². The Morgan fingerprint density at radius 1 is 0.945 bits per heavy atom. The van der Waals surface area contributed by atoms with Gasteiger partial charge in [-0.2, -0.15) is 0 Å². The third-order valence-electron chi connectivity index (χ3n) is 10.3. The zero-order chi connectivity index (χ0) is 38.1. The van der Waals surface area contributed by atoms with E-state index in [4.69, 9.17) is 18.6 Å². The summed E-state index contributed by atoms with van der Waals surface area (Å²) >= 11 is 0. The summed E-state index contributed by atoms with van der Waals surface area (Å²) in [5, 5.41) is 27.6. The highest BCUT2D eigenvalue weighted by molar-refractivity contribution is 5.87. The third-order valence-corrected chi connectivity index (χ3v) is 10.3. The Morgan fingerprint density at radius 3 is 2.56 bits per heavy atom. The molecule has 3 aliphatic rings. The highest BCUT2D eigenvalue weighted by atomic mass is 16.6. The summed E-state index contributed by atoms with van der Waals surface area (Å²) in [4.78, 5) is 42.4. The predicted octanol–water partition coefficient (Wildman–Crippen LogP) is 5.58. The highest BCUT2D eigenvalue weighted by Crippen LogP contribution is 2.31. The van der Waals surface area contributed by atoms with Crippen LogP contribution in [0.15, 0.2) is 100 Å². The Balaban J connectivity index is 0.849. The minimum absolute atomic E-state index is 0.0614. The number of phenols is 1. The molecule has 3 aliphatic heterocycles. The summed E-state index contributed by atoms with van der Waals surface area (Å²) in [7, 11) is 0. The number of aromatic nitrogens is 1. The normalized spacial score (nSPS) is 18.7. The Labute approximate surface area is 318 Å². The number of piperidine rings is 3. The van der Waals surface area contributed by atoms with Crippen molar-refractivity contribution in [2.24, 2.45) is 5.92 Å². The molecule has 2 bridgehead atoms. The molecular weight excluding hydrogens is 704 g/mol. The summed E-state index contributed by atoms with van der Waals surface area (Å²) in [6.45, 7) is 4.04. The SMILES string of the molecule is O=C(NC(c1ccccc1)c1cccc(OCc2ccc(C(=O)OCCCCNC[C@@H](O)c3ccc(O)c4[nH]c(=O)ccc34)o2)c1)O[C@H]1CN2CCC1CC2. The molecule has 288 valence electrons. The number of unbranched alkanes of at least 4 members (excludes halogenated alkanes) is 1. The molecule has 0 radical (unpaired) electrons. The lowest BCUT2D eigenvalue weighted by Crippen LogP contribution is -2.52. The van der Waals surface area contributed by atoms with Gasteiger partial charge in [-0.1, -0.05) is 48.5 Å². The molecule has 3 fully saturated rings. The monoisotopic (exact) mass is 750 g/mol. The fraction of sp³-hybridized carbons (Fsp3) is 0.357. The quantitative estimate of drug-likeness (QED) is 0.0630. The lowest BCUT2D eigenvalue weighted by molar-refractivity contribution is -0.0336. The number of rotatable bonds is 16. The Kier molecular flexibility index (Phi) is 12.1. The Morgan fingerprint density at radius 2 is 1.76 bits per heavy atom. The van der Waals surface area contributed by atoms with Gasteiger partial charge in [0, 0.05) is 24.5 Å². The van der Waals surface area contributed by atoms with Gasteiger partial charge in [0.25, 0.3) is 0 Å². The number of ether oxygens (including phenoxy) is 3. The van der Waals surface area contributed by atoms with Gasteiger partial charge in [-0.25, -0.2) is 9.59 Å². The van der Waals surface area contributed by atoms with Crippen molar-refractivity contribution in [2.45, 2.75) is 50.5 Å². The number of fused-ring (bicyclic) bond motifs is 4. The summed E-state index contributed by atoms with van der Waals surface area (Å²) < 4.78 is 23.1. The number of aliphatic hydroxyl groups excluding tert-OH is 1. The molecule has 55 heavy (non-hydrogen) atoms. The number of nitrogens with zero attached hydrogens (tertiary/aromatic N) is 1. The van der Waals surface area contributed by atoms with Gasteiger partial charge in [-0.15, -0.1) is 0 Å². The molecule has 2 aromatic heterocycles. The van der Waals surface area contributed by atoms with Gasteiger partial charge in [-0.3, -0.25) is 9.69 Å². The average molecular weight is 751 g/mol. The van der Waals surface area contributed by atoms with E-state index in [1.54, 1.807) is 24.3 Å². The molecular formula is C42H46N4O9. The number of carbonyl (C=O) groups excluding carboxylic acids is 2. The molecule has 5 aromatic rings. The van der Waals surface area contributed by atoms with Crippen molar-refractivity contribution in [1.29, 1.82) is 0 Å². The van der Waals surface area contributed by atoms with Crippen LogP contribution in [0.4, 0.5) is 4.79 Å². The van der Waals surface area contributed by atoms with Crippen LogP contribution in [0.5, 0.6) is 11.5 Å². The molecule has 0 saturated carbocycles. The second-order valence-electron chi connectivity index (χ2n) is 14.0. The molecule has 0 aliphatic carbocycles. The Hall–Kier alpha value is -5.63. The first-order valence-electron chi connectivity index (χ1n) is 18.8. The maximum atomic E-state index is 13.2. The van der Waals surface area contributed by atoms with Crippen molar-refractivity contribution < 1.29 is 38.4 Å². The van der Waals surface area contributed by atoms with E-state index in [-0.39, 0.29) is 48.4 Å². The molecule has 8 rings (SSSR count). The second kappa shape index (κ2) is 17.7. The highest BCUT2D eigenvalue weighted by Gasteiger charge is 2.37. The summed E-state index contributed by atoms with van der Waals surface area (Å²) in [5.74, 6) is 0.868. The number of amides is 1. The fourth-order valence-corrected chi connectivity index (χ4v) is 7.33. The molecule has 13 nitrogen and oxygen atoms in total. The van der Waals surface area contributed by atoms with Gasteiger partial charge in [0.15, 0.2) is 0 Å².